The fraction of sp³-hybridized carbons (Fsp3) is 0.929. The van der Waals surface area contributed by atoms with Gasteiger partial charge in [0, 0.05) is 0 Å². The summed E-state index contributed by atoms with van der Waals surface area (Å²) in [4.78, 5) is 0. The number of oxime groups is 1. The van der Waals surface area contributed by atoms with E-state index in [1.54, 1.807) is 0 Å². The highest BCUT2D eigenvalue weighted by Crippen LogP contribution is 2.11. The summed E-state index contributed by atoms with van der Waals surface area (Å²) < 4.78 is 0. The van der Waals surface area contributed by atoms with E-state index in [4.69, 9.17) is 5.21 Å². The average molecular weight is 243 g/mol. The SMILES string of the molecule is CCCCCCC(=NO)C(O)CCCCCC. The lowest BCUT2D eigenvalue weighted by Crippen LogP contribution is -2.20. The first kappa shape index (κ1) is 16.4. The number of hydrogen-bond donors (Lipinski definition) is 2. The van der Waals surface area contributed by atoms with E-state index in [0.717, 1.165) is 38.5 Å². The van der Waals surface area contributed by atoms with E-state index < -0.39 is 6.10 Å². The lowest BCUT2D eigenvalue weighted by Gasteiger charge is -2.12. The number of hydrogen-bond acceptors (Lipinski definition) is 3. The Morgan fingerprint density at radius 2 is 1.53 bits per heavy atom. The lowest BCUT2D eigenvalue weighted by atomic mass is 10.0. The van der Waals surface area contributed by atoms with Crippen molar-refractivity contribution in [3.05, 3.63) is 0 Å². The Morgan fingerprint density at radius 1 is 0.941 bits per heavy atom. The average Bonchev–Trinajstić information content (AvgIpc) is 2.34. The van der Waals surface area contributed by atoms with Gasteiger partial charge in [0.15, 0.2) is 0 Å². The molecular weight excluding hydrogens is 214 g/mol. The molecule has 0 fully saturated rings. The molecule has 0 aromatic carbocycles. The molecule has 0 saturated carbocycles. The molecule has 0 saturated heterocycles. The summed E-state index contributed by atoms with van der Waals surface area (Å²) in [5.74, 6) is 0. The van der Waals surface area contributed by atoms with Gasteiger partial charge in [-0.05, 0) is 19.3 Å². The molecule has 3 nitrogen and oxygen atoms in total. The van der Waals surface area contributed by atoms with Gasteiger partial charge in [-0.2, -0.15) is 0 Å². The Kier molecular flexibility index (Phi) is 11.5. The van der Waals surface area contributed by atoms with Crippen LogP contribution in [0.1, 0.15) is 78.1 Å². The molecule has 0 spiro atoms. The third-order valence-electron chi connectivity index (χ3n) is 3.13. The van der Waals surface area contributed by atoms with Crippen LogP contribution in [0.15, 0.2) is 5.16 Å². The molecule has 2 N–H and O–H groups in total. The number of aliphatic hydroxyl groups excluding tert-OH is 1. The summed E-state index contributed by atoms with van der Waals surface area (Å²) in [6.45, 7) is 4.34. The van der Waals surface area contributed by atoms with Crippen molar-refractivity contribution in [2.45, 2.75) is 84.2 Å². The number of nitrogens with zero attached hydrogens (tertiary/aromatic N) is 1. The molecule has 0 amide bonds. The molecule has 0 radical (unpaired) electrons. The summed E-state index contributed by atoms with van der Waals surface area (Å²) in [6.07, 6.45) is 10.1. The Hall–Kier alpha value is -0.570. The van der Waals surface area contributed by atoms with Gasteiger partial charge >= 0.3 is 0 Å². The number of aliphatic hydroxyl groups is 1. The van der Waals surface area contributed by atoms with Crippen molar-refractivity contribution in [2.75, 3.05) is 0 Å². The molecule has 1 unspecified atom stereocenters. The predicted octanol–water partition coefficient (Wildman–Crippen LogP) is 4.12. The highest BCUT2D eigenvalue weighted by Gasteiger charge is 2.12. The first-order valence-corrected chi connectivity index (χ1v) is 7.15. The first-order valence-electron chi connectivity index (χ1n) is 7.15. The van der Waals surface area contributed by atoms with Crippen LogP contribution in [-0.2, 0) is 0 Å². The molecule has 0 bridgehead atoms. The van der Waals surface area contributed by atoms with E-state index in [9.17, 15) is 5.11 Å². The third-order valence-corrected chi connectivity index (χ3v) is 3.13. The molecule has 0 aromatic heterocycles. The van der Waals surface area contributed by atoms with Crippen LogP contribution >= 0.6 is 0 Å². The normalized spacial score (nSPS) is 13.9. The molecule has 102 valence electrons. The van der Waals surface area contributed by atoms with Crippen molar-refractivity contribution in [3.8, 4) is 0 Å². The van der Waals surface area contributed by atoms with Gasteiger partial charge in [0.05, 0.1) is 11.8 Å². The molecule has 0 aliphatic heterocycles. The van der Waals surface area contributed by atoms with E-state index in [0.29, 0.717) is 5.71 Å². The molecular formula is C14H29NO2. The zero-order valence-electron chi connectivity index (χ0n) is 11.5. The van der Waals surface area contributed by atoms with E-state index >= 15 is 0 Å². The Balaban J connectivity index is 3.69. The Labute approximate surface area is 106 Å². The quantitative estimate of drug-likeness (QED) is 0.248. The second-order valence-corrected chi connectivity index (χ2v) is 4.77. The molecule has 1 atom stereocenters. The predicted molar refractivity (Wildman–Crippen MR) is 72.7 cm³/mol. The summed E-state index contributed by atoms with van der Waals surface area (Å²) in [6, 6.07) is 0. The highest BCUT2D eigenvalue weighted by molar-refractivity contribution is 5.87. The van der Waals surface area contributed by atoms with Gasteiger partial charge in [0.1, 0.15) is 0 Å². The van der Waals surface area contributed by atoms with E-state index in [-0.39, 0.29) is 0 Å². The maximum absolute atomic E-state index is 9.87. The zero-order chi connectivity index (χ0) is 12.9. The van der Waals surface area contributed by atoms with Crippen molar-refractivity contribution in [1.29, 1.82) is 0 Å². The minimum Gasteiger partial charge on any atom is -0.411 e. The molecule has 0 aromatic rings. The standard InChI is InChI=1S/C14H29NO2/c1-3-5-7-9-11-13(15-17)14(16)12-10-8-6-4-2/h14,16-17H,3-12H2,1-2H3. The van der Waals surface area contributed by atoms with Gasteiger partial charge in [-0.25, -0.2) is 0 Å². The third kappa shape index (κ3) is 9.16. The van der Waals surface area contributed by atoms with Gasteiger partial charge in [-0.3, -0.25) is 0 Å². The van der Waals surface area contributed by atoms with Crippen molar-refractivity contribution < 1.29 is 10.3 Å². The summed E-state index contributed by atoms with van der Waals surface area (Å²) >= 11 is 0. The summed E-state index contributed by atoms with van der Waals surface area (Å²) in [5.41, 5.74) is 0.567. The van der Waals surface area contributed by atoms with Crippen LogP contribution in [0.5, 0.6) is 0 Å². The molecule has 17 heavy (non-hydrogen) atoms. The van der Waals surface area contributed by atoms with Crippen molar-refractivity contribution in [2.24, 2.45) is 5.16 Å². The summed E-state index contributed by atoms with van der Waals surface area (Å²) in [7, 11) is 0. The van der Waals surface area contributed by atoms with Crippen LogP contribution in [0, 0.1) is 0 Å². The van der Waals surface area contributed by atoms with Gasteiger partial charge in [-0.15, -0.1) is 0 Å². The number of unbranched alkanes of at least 4 members (excludes halogenated alkanes) is 6. The first-order chi connectivity index (χ1) is 8.26. The van der Waals surface area contributed by atoms with E-state index in [2.05, 4.69) is 19.0 Å². The van der Waals surface area contributed by atoms with Crippen LogP contribution in [0.4, 0.5) is 0 Å². The Bertz CT molecular complexity index is 193. The molecule has 0 heterocycles. The van der Waals surface area contributed by atoms with Crippen molar-refractivity contribution >= 4 is 5.71 Å². The second kappa shape index (κ2) is 11.9. The highest BCUT2D eigenvalue weighted by atomic mass is 16.4. The van der Waals surface area contributed by atoms with Gasteiger partial charge in [0.25, 0.3) is 0 Å². The molecule has 0 rings (SSSR count). The van der Waals surface area contributed by atoms with Gasteiger partial charge in [-0.1, -0.05) is 63.9 Å². The fourth-order valence-electron chi connectivity index (χ4n) is 1.95. The van der Waals surface area contributed by atoms with Gasteiger partial charge < -0.3 is 10.3 Å². The van der Waals surface area contributed by atoms with Crippen molar-refractivity contribution in [3.63, 3.8) is 0 Å². The molecule has 0 aliphatic rings. The van der Waals surface area contributed by atoms with Crippen molar-refractivity contribution in [1.82, 2.24) is 0 Å². The number of rotatable bonds is 11. The fourth-order valence-corrected chi connectivity index (χ4v) is 1.95. The van der Waals surface area contributed by atoms with Crippen LogP contribution in [0.2, 0.25) is 0 Å². The van der Waals surface area contributed by atoms with Crippen LogP contribution in [-0.4, -0.2) is 22.1 Å². The largest absolute Gasteiger partial charge is 0.411 e. The van der Waals surface area contributed by atoms with Gasteiger partial charge in [0.2, 0.25) is 0 Å². The Morgan fingerprint density at radius 3 is 2.06 bits per heavy atom. The minimum absolute atomic E-state index is 0.543. The van der Waals surface area contributed by atoms with E-state index in [1.165, 1.54) is 25.7 Å². The zero-order valence-corrected chi connectivity index (χ0v) is 11.5. The van der Waals surface area contributed by atoms with Crippen LogP contribution < -0.4 is 0 Å². The van der Waals surface area contributed by atoms with Crippen LogP contribution in [0.3, 0.4) is 0 Å². The molecule has 0 aliphatic carbocycles. The topological polar surface area (TPSA) is 52.8 Å². The molecule has 3 heteroatoms. The van der Waals surface area contributed by atoms with Crippen LogP contribution in [0.25, 0.3) is 0 Å². The minimum atomic E-state index is -0.543. The summed E-state index contributed by atoms with van der Waals surface area (Å²) in [5, 5.41) is 22.0. The second-order valence-electron chi connectivity index (χ2n) is 4.77. The van der Waals surface area contributed by atoms with E-state index in [1.807, 2.05) is 0 Å². The monoisotopic (exact) mass is 243 g/mol. The smallest absolute Gasteiger partial charge is 0.0954 e. The lowest BCUT2D eigenvalue weighted by molar-refractivity contribution is 0.213. The maximum atomic E-state index is 9.87. The maximum Gasteiger partial charge on any atom is 0.0954 e.